The minimum absolute atomic E-state index is 0.0347. The van der Waals surface area contributed by atoms with Crippen molar-refractivity contribution in [3.8, 4) is 5.75 Å². The molecular weight excluding hydrogens is 296 g/mol. The highest BCUT2D eigenvalue weighted by Gasteiger charge is 2.13. The highest BCUT2D eigenvalue weighted by molar-refractivity contribution is 6.21. The van der Waals surface area contributed by atoms with E-state index in [1.807, 2.05) is 30.6 Å². The van der Waals surface area contributed by atoms with Crippen LogP contribution >= 0.6 is 11.6 Å². The molecule has 1 atom stereocenters. The van der Waals surface area contributed by atoms with Crippen molar-refractivity contribution in [3.05, 3.63) is 59.9 Å². The SMILES string of the molecule is CCN(CCc1ccncc1)CC(Cl)c1cccc(OC)c1. The number of ether oxygens (including phenoxy) is 1. The molecular formula is C18H23ClN2O. The van der Waals surface area contributed by atoms with Crippen LogP contribution in [-0.2, 0) is 6.42 Å². The van der Waals surface area contributed by atoms with Gasteiger partial charge in [0.2, 0.25) is 0 Å². The predicted molar refractivity (Wildman–Crippen MR) is 91.6 cm³/mol. The normalized spacial score (nSPS) is 12.4. The summed E-state index contributed by atoms with van der Waals surface area (Å²) in [5, 5.41) is -0.0347. The van der Waals surface area contributed by atoms with E-state index in [1.54, 1.807) is 7.11 Å². The Hall–Kier alpha value is -1.58. The van der Waals surface area contributed by atoms with Gasteiger partial charge in [0.25, 0.3) is 0 Å². The molecule has 0 radical (unpaired) electrons. The van der Waals surface area contributed by atoms with Crippen LogP contribution in [0.1, 0.15) is 23.4 Å². The summed E-state index contributed by atoms with van der Waals surface area (Å²) in [5.41, 5.74) is 2.41. The lowest BCUT2D eigenvalue weighted by Crippen LogP contribution is -2.29. The molecule has 1 unspecified atom stereocenters. The van der Waals surface area contributed by atoms with Crippen LogP contribution < -0.4 is 4.74 Å². The molecule has 118 valence electrons. The number of methoxy groups -OCH3 is 1. The quantitative estimate of drug-likeness (QED) is 0.689. The van der Waals surface area contributed by atoms with Crippen molar-refractivity contribution in [2.45, 2.75) is 18.7 Å². The third-order valence-electron chi connectivity index (χ3n) is 3.79. The molecule has 0 saturated carbocycles. The van der Waals surface area contributed by atoms with Gasteiger partial charge in [-0.2, -0.15) is 0 Å². The Morgan fingerprint density at radius 3 is 2.68 bits per heavy atom. The minimum Gasteiger partial charge on any atom is -0.497 e. The largest absolute Gasteiger partial charge is 0.497 e. The smallest absolute Gasteiger partial charge is 0.119 e. The number of hydrogen-bond donors (Lipinski definition) is 0. The topological polar surface area (TPSA) is 25.4 Å². The zero-order valence-corrected chi connectivity index (χ0v) is 14.0. The molecule has 22 heavy (non-hydrogen) atoms. The van der Waals surface area contributed by atoms with Crippen LogP contribution in [0, 0.1) is 0 Å². The molecule has 2 aromatic rings. The molecule has 0 fully saturated rings. The number of nitrogens with zero attached hydrogens (tertiary/aromatic N) is 2. The zero-order valence-electron chi connectivity index (χ0n) is 13.2. The van der Waals surface area contributed by atoms with E-state index < -0.39 is 0 Å². The molecule has 1 heterocycles. The van der Waals surface area contributed by atoms with Gasteiger partial charge >= 0.3 is 0 Å². The van der Waals surface area contributed by atoms with Gasteiger partial charge in [-0.3, -0.25) is 4.98 Å². The summed E-state index contributed by atoms with van der Waals surface area (Å²) in [5.74, 6) is 0.850. The Morgan fingerprint density at radius 2 is 2.00 bits per heavy atom. The van der Waals surface area contributed by atoms with Gasteiger partial charge < -0.3 is 9.64 Å². The molecule has 4 heteroatoms. The number of alkyl halides is 1. The first-order valence-electron chi connectivity index (χ1n) is 7.62. The second-order valence-electron chi connectivity index (χ2n) is 5.24. The van der Waals surface area contributed by atoms with Crippen molar-refractivity contribution in [1.29, 1.82) is 0 Å². The third kappa shape index (κ3) is 5.00. The number of rotatable bonds is 8. The van der Waals surface area contributed by atoms with E-state index in [-0.39, 0.29) is 5.38 Å². The molecule has 1 aromatic carbocycles. The molecule has 0 bridgehead atoms. The van der Waals surface area contributed by atoms with Crippen LogP contribution in [0.15, 0.2) is 48.8 Å². The number of benzene rings is 1. The highest BCUT2D eigenvalue weighted by atomic mass is 35.5. The lowest BCUT2D eigenvalue weighted by molar-refractivity contribution is 0.291. The van der Waals surface area contributed by atoms with Gasteiger partial charge in [0, 0.05) is 25.5 Å². The van der Waals surface area contributed by atoms with Crippen LogP contribution in [0.4, 0.5) is 0 Å². The van der Waals surface area contributed by atoms with Gasteiger partial charge in [-0.25, -0.2) is 0 Å². The second kappa shape index (κ2) is 8.76. The molecule has 0 N–H and O–H groups in total. The summed E-state index contributed by atoms with van der Waals surface area (Å²) in [6, 6.07) is 12.1. The first-order valence-corrected chi connectivity index (χ1v) is 8.06. The van der Waals surface area contributed by atoms with E-state index in [0.29, 0.717) is 0 Å². The average molecular weight is 319 g/mol. The van der Waals surface area contributed by atoms with Crippen LogP contribution in [0.5, 0.6) is 5.75 Å². The monoisotopic (exact) mass is 318 g/mol. The van der Waals surface area contributed by atoms with E-state index in [4.69, 9.17) is 16.3 Å². The fourth-order valence-electron chi connectivity index (χ4n) is 2.38. The second-order valence-corrected chi connectivity index (χ2v) is 5.77. The maximum atomic E-state index is 6.58. The summed E-state index contributed by atoms with van der Waals surface area (Å²) in [6.45, 7) is 4.98. The standard InChI is InChI=1S/C18H23ClN2O/c1-3-21(12-9-15-7-10-20-11-8-15)14-18(19)16-5-4-6-17(13-16)22-2/h4-8,10-11,13,18H,3,9,12,14H2,1-2H3. The maximum absolute atomic E-state index is 6.58. The Morgan fingerprint density at radius 1 is 1.23 bits per heavy atom. The lowest BCUT2D eigenvalue weighted by atomic mass is 10.1. The van der Waals surface area contributed by atoms with Gasteiger partial charge in [0.05, 0.1) is 12.5 Å². The average Bonchev–Trinajstić information content (AvgIpc) is 2.59. The molecule has 0 aliphatic heterocycles. The highest BCUT2D eigenvalue weighted by Crippen LogP contribution is 2.25. The van der Waals surface area contributed by atoms with Crippen LogP contribution in [0.2, 0.25) is 0 Å². The van der Waals surface area contributed by atoms with Crippen molar-refractivity contribution in [2.24, 2.45) is 0 Å². The van der Waals surface area contributed by atoms with Crippen molar-refractivity contribution in [3.63, 3.8) is 0 Å². The summed E-state index contributed by atoms with van der Waals surface area (Å²) in [7, 11) is 1.68. The Bertz CT molecular complexity index is 562. The number of hydrogen-bond acceptors (Lipinski definition) is 3. The van der Waals surface area contributed by atoms with Gasteiger partial charge in [0.15, 0.2) is 0 Å². The van der Waals surface area contributed by atoms with Crippen molar-refractivity contribution in [2.75, 3.05) is 26.7 Å². The summed E-state index contributed by atoms with van der Waals surface area (Å²) >= 11 is 6.58. The van der Waals surface area contributed by atoms with Gasteiger partial charge in [-0.05, 0) is 48.4 Å². The maximum Gasteiger partial charge on any atom is 0.119 e. The Balaban J connectivity index is 1.91. The van der Waals surface area contributed by atoms with E-state index in [1.165, 1.54) is 5.56 Å². The van der Waals surface area contributed by atoms with Crippen molar-refractivity contribution < 1.29 is 4.74 Å². The summed E-state index contributed by atoms with van der Waals surface area (Å²) in [6.07, 6.45) is 4.69. The van der Waals surface area contributed by atoms with Crippen molar-refractivity contribution in [1.82, 2.24) is 9.88 Å². The number of halogens is 1. The predicted octanol–water partition coefficient (Wildman–Crippen LogP) is 3.93. The van der Waals surface area contributed by atoms with Crippen LogP contribution in [-0.4, -0.2) is 36.6 Å². The number of aromatic nitrogens is 1. The lowest BCUT2D eigenvalue weighted by Gasteiger charge is -2.23. The summed E-state index contributed by atoms with van der Waals surface area (Å²) in [4.78, 5) is 6.42. The minimum atomic E-state index is -0.0347. The molecule has 0 aliphatic carbocycles. The van der Waals surface area contributed by atoms with Crippen LogP contribution in [0.3, 0.4) is 0 Å². The Kier molecular flexibility index (Phi) is 6.69. The van der Waals surface area contributed by atoms with E-state index in [0.717, 1.165) is 37.4 Å². The van der Waals surface area contributed by atoms with E-state index >= 15 is 0 Å². The van der Waals surface area contributed by atoms with Crippen LogP contribution in [0.25, 0.3) is 0 Å². The third-order valence-corrected chi connectivity index (χ3v) is 4.18. The molecule has 2 rings (SSSR count). The van der Waals surface area contributed by atoms with Gasteiger partial charge in [-0.1, -0.05) is 19.1 Å². The Labute approximate surface area is 137 Å². The molecule has 3 nitrogen and oxygen atoms in total. The van der Waals surface area contributed by atoms with Crippen molar-refractivity contribution >= 4 is 11.6 Å². The molecule has 0 spiro atoms. The van der Waals surface area contributed by atoms with Gasteiger partial charge in [-0.15, -0.1) is 11.6 Å². The zero-order chi connectivity index (χ0) is 15.8. The molecule has 1 aromatic heterocycles. The van der Waals surface area contributed by atoms with E-state index in [2.05, 4.69) is 35.0 Å². The van der Waals surface area contributed by atoms with E-state index in [9.17, 15) is 0 Å². The van der Waals surface area contributed by atoms with Gasteiger partial charge in [0.1, 0.15) is 5.75 Å². The molecule has 0 saturated heterocycles. The summed E-state index contributed by atoms with van der Waals surface area (Å²) < 4.78 is 5.26. The first kappa shape index (κ1) is 16.8. The molecule has 0 aliphatic rings. The number of likely N-dealkylation sites (N-methyl/N-ethyl adjacent to an activating group) is 1. The first-order chi connectivity index (χ1) is 10.7. The fourth-order valence-corrected chi connectivity index (χ4v) is 2.71. The fraction of sp³-hybridized carbons (Fsp3) is 0.389. The molecule has 0 amide bonds. The number of pyridine rings is 1.